The van der Waals surface area contributed by atoms with Crippen LogP contribution in [0.2, 0.25) is 0 Å². The van der Waals surface area contributed by atoms with Gasteiger partial charge in [0.25, 0.3) is 0 Å². The third-order valence-corrected chi connectivity index (χ3v) is 3.92. The van der Waals surface area contributed by atoms with Gasteiger partial charge < -0.3 is 14.6 Å². The molecule has 1 heterocycles. The van der Waals surface area contributed by atoms with E-state index in [0.717, 1.165) is 25.4 Å². The van der Waals surface area contributed by atoms with Gasteiger partial charge in [-0.1, -0.05) is 6.92 Å². The topological polar surface area (TPSA) is 39.1 Å². The summed E-state index contributed by atoms with van der Waals surface area (Å²) in [4.78, 5) is 4.47. The Labute approximate surface area is 103 Å². The molecule has 1 aliphatic rings. The van der Waals surface area contributed by atoms with Crippen LogP contribution in [0.15, 0.2) is 12.5 Å². The Balaban J connectivity index is 1.87. The molecule has 0 unspecified atom stereocenters. The minimum atomic E-state index is 0.373. The van der Waals surface area contributed by atoms with Gasteiger partial charge in [-0.15, -0.1) is 0 Å². The van der Waals surface area contributed by atoms with E-state index in [1.807, 2.05) is 6.33 Å². The van der Waals surface area contributed by atoms with E-state index >= 15 is 0 Å². The maximum atomic E-state index is 5.00. The average molecular weight is 237 g/mol. The Hall–Kier alpha value is -0.870. The molecule has 0 atom stereocenters. The van der Waals surface area contributed by atoms with Crippen molar-refractivity contribution in [2.24, 2.45) is 0 Å². The van der Waals surface area contributed by atoms with Crippen molar-refractivity contribution in [2.45, 2.75) is 44.7 Å². The average Bonchev–Trinajstić information content (AvgIpc) is 2.73. The summed E-state index contributed by atoms with van der Waals surface area (Å²) >= 11 is 0. The molecule has 17 heavy (non-hydrogen) atoms. The molecule has 0 bridgehead atoms. The fourth-order valence-corrected chi connectivity index (χ4v) is 2.48. The van der Waals surface area contributed by atoms with Crippen molar-refractivity contribution in [3.63, 3.8) is 0 Å². The third-order valence-electron chi connectivity index (χ3n) is 3.92. The summed E-state index contributed by atoms with van der Waals surface area (Å²) in [7, 11) is 1.72. The smallest absolute Gasteiger partial charge is 0.0955 e. The van der Waals surface area contributed by atoms with Crippen LogP contribution in [0.4, 0.5) is 0 Å². The van der Waals surface area contributed by atoms with Crippen LogP contribution in [-0.4, -0.2) is 29.8 Å². The van der Waals surface area contributed by atoms with Crippen LogP contribution < -0.4 is 5.32 Å². The monoisotopic (exact) mass is 237 g/mol. The number of rotatable bonds is 7. The molecule has 1 aromatic rings. The number of hydrogen-bond acceptors (Lipinski definition) is 3. The molecule has 1 fully saturated rings. The highest BCUT2D eigenvalue weighted by Crippen LogP contribution is 2.41. The van der Waals surface area contributed by atoms with E-state index < -0.39 is 0 Å². The SMILES string of the molecule is CCC1(n2cnc(CNCCOC)c2)CCC1. The van der Waals surface area contributed by atoms with E-state index in [-0.39, 0.29) is 0 Å². The Kier molecular flexibility index (Phi) is 4.18. The fourth-order valence-electron chi connectivity index (χ4n) is 2.48. The minimum absolute atomic E-state index is 0.373. The third kappa shape index (κ3) is 2.69. The first-order chi connectivity index (χ1) is 8.30. The summed E-state index contributed by atoms with van der Waals surface area (Å²) in [6.07, 6.45) is 9.36. The first kappa shape index (κ1) is 12.6. The van der Waals surface area contributed by atoms with Crippen molar-refractivity contribution < 1.29 is 4.74 Å². The summed E-state index contributed by atoms with van der Waals surface area (Å²) in [6.45, 7) is 4.73. The van der Waals surface area contributed by atoms with Crippen LogP contribution >= 0.6 is 0 Å². The van der Waals surface area contributed by atoms with Crippen LogP contribution in [0.25, 0.3) is 0 Å². The van der Waals surface area contributed by atoms with E-state index in [1.54, 1.807) is 7.11 Å². The predicted molar refractivity (Wildman–Crippen MR) is 67.9 cm³/mol. The van der Waals surface area contributed by atoms with Gasteiger partial charge in [0.05, 0.1) is 18.6 Å². The number of hydrogen-bond donors (Lipinski definition) is 1. The number of ether oxygens (including phenoxy) is 1. The first-order valence-electron chi connectivity index (χ1n) is 6.54. The lowest BCUT2D eigenvalue weighted by Crippen LogP contribution is -2.39. The first-order valence-corrected chi connectivity index (χ1v) is 6.54. The van der Waals surface area contributed by atoms with Crippen LogP contribution in [0.5, 0.6) is 0 Å². The Morgan fingerprint density at radius 3 is 2.94 bits per heavy atom. The lowest BCUT2D eigenvalue weighted by Gasteiger charge is -2.42. The molecule has 0 radical (unpaired) electrons. The van der Waals surface area contributed by atoms with E-state index in [2.05, 4.69) is 28.0 Å². The largest absolute Gasteiger partial charge is 0.383 e. The van der Waals surface area contributed by atoms with Crippen molar-refractivity contribution in [1.29, 1.82) is 0 Å². The number of aromatic nitrogens is 2. The number of methoxy groups -OCH3 is 1. The Morgan fingerprint density at radius 2 is 2.35 bits per heavy atom. The summed E-state index contributed by atoms with van der Waals surface area (Å²) in [5.74, 6) is 0. The van der Waals surface area contributed by atoms with Gasteiger partial charge in [0.15, 0.2) is 0 Å². The zero-order chi connectivity index (χ0) is 12.1. The highest BCUT2D eigenvalue weighted by molar-refractivity contribution is 5.04. The molecule has 1 aliphatic carbocycles. The molecule has 4 heteroatoms. The minimum Gasteiger partial charge on any atom is -0.383 e. The van der Waals surface area contributed by atoms with Gasteiger partial charge in [0.1, 0.15) is 0 Å². The summed E-state index contributed by atoms with van der Waals surface area (Å²) in [5, 5.41) is 3.32. The molecule has 4 nitrogen and oxygen atoms in total. The van der Waals surface area contributed by atoms with Gasteiger partial charge in [-0.3, -0.25) is 0 Å². The maximum Gasteiger partial charge on any atom is 0.0955 e. The quantitative estimate of drug-likeness (QED) is 0.736. The number of nitrogens with zero attached hydrogens (tertiary/aromatic N) is 2. The number of nitrogens with one attached hydrogen (secondary N) is 1. The maximum absolute atomic E-state index is 5.00. The second-order valence-electron chi connectivity index (χ2n) is 4.87. The molecule has 1 aromatic heterocycles. The van der Waals surface area contributed by atoms with Crippen LogP contribution in [-0.2, 0) is 16.8 Å². The van der Waals surface area contributed by atoms with Gasteiger partial charge in [-0.2, -0.15) is 0 Å². The lowest BCUT2D eigenvalue weighted by molar-refractivity contribution is 0.136. The van der Waals surface area contributed by atoms with E-state index in [4.69, 9.17) is 4.74 Å². The van der Waals surface area contributed by atoms with Crippen molar-refractivity contribution in [3.05, 3.63) is 18.2 Å². The highest BCUT2D eigenvalue weighted by Gasteiger charge is 2.36. The molecule has 1 N–H and O–H groups in total. The van der Waals surface area contributed by atoms with Crippen LogP contribution in [0.3, 0.4) is 0 Å². The Morgan fingerprint density at radius 1 is 1.53 bits per heavy atom. The van der Waals surface area contributed by atoms with E-state index in [9.17, 15) is 0 Å². The molecule has 0 saturated heterocycles. The summed E-state index contributed by atoms with van der Waals surface area (Å²) < 4.78 is 7.32. The molecule has 0 aliphatic heterocycles. The van der Waals surface area contributed by atoms with Crippen LogP contribution in [0.1, 0.15) is 38.3 Å². The molecule has 0 aromatic carbocycles. The van der Waals surface area contributed by atoms with Crippen molar-refractivity contribution in [2.75, 3.05) is 20.3 Å². The zero-order valence-electron chi connectivity index (χ0n) is 10.9. The van der Waals surface area contributed by atoms with Crippen LogP contribution in [0, 0.1) is 0 Å². The van der Waals surface area contributed by atoms with Gasteiger partial charge >= 0.3 is 0 Å². The molecule has 0 amide bonds. The van der Waals surface area contributed by atoms with Gasteiger partial charge in [0, 0.05) is 31.9 Å². The second kappa shape index (κ2) is 5.65. The van der Waals surface area contributed by atoms with Gasteiger partial charge in [0.2, 0.25) is 0 Å². The molecular formula is C13H23N3O. The van der Waals surface area contributed by atoms with Gasteiger partial charge in [-0.05, 0) is 25.7 Å². The summed E-state index contributed by atoms with van der Waals surface area (Å²) in [5.41, 5.74) is 1.50. The standard InChI is InChI=1S/C13H23N3O/c1-3-13(5-4-6-13)16-10-12(15-11-16)9-14-7-8-17-2/h10-11,14H,3-9H2,1-2H3. The Bertz CT molecular complexity index is 339. The second-order valence-corrected chi connectivity index (χ2v) is 4.87. The normalized spacial score (nSPS) is 18.0. The summed E-state index contributed by atoms with van der Waals surface area (Å²) in [6, 6.07) is 0. The number of imidazole rings is 1. The van der Waals surface area contributed by atoms with Crippen molar-refractivity contribution in [1.82, 2.24) is 14.9 Å². The zero-order valence-corrected chi connectivity index (χ0v) is 10.9. The van der Waals surface area contributed by atoms with Crippen molar-refractivity contribution >= 4 is 0 Å². The van der Waals surface area contributed by atoms with Gasteiger partial charge in [-0.25, -0.2) is 4.98 Å². The van der Waals surface area contributed by atoms with E-state index in [0.29, 0.717) is 5.54 Å². The fraction of sp³-hybridized carbons (Fsp3) is 0.769. The molecule has 1 saturated carbocycles. The predicted octanol–water partition coefficient (Wildman–Crippen LogP) is 1.91. The van der Waals surface area contributed by atoms with Crippen molar-refractivity contribution in [3.8, 4) is 0 Å². The lowest BCUT2D eigenvalue weighted by atomic mass is 9.74. The molecular weight excluding hydrogens is 214 g/mol. The molecule has 96 valence electrons. The van der Waals surface area contributed by atoms with E-state index in [1.165, 1.54) is 25.7 Å². The molecule has 2 rings (SSSR count). The highest BCUT2D eigenvalue weighted by atomic mass is 16.5. The molecule has 0 spiro atoms.